The number of rotatable bonds is 8. The van der Waals surface area contributed by atoms with Crippen LogP contribution in [0.15, 0.2) is 255 Å². The van der Waals surface area contributed by atoms with E-state index in [0.29, 0.717) is 6.67 Å². The first-order chi connectivity index (χ1) is 41.6. The van der Waals surface area contributed by atoms with E-state index in [1.54, 1.807) is 0 Å². The van der Waals surface area contributed by atoms with Crippen LogP contribution in [-0.2, 0) is 5.41 Å². The monoisotopic (exact) mass is 1090 g/mol. The number of anilines is 7. The van der Waals surface area contributed by atoms with Gasteiger partial charge in [0.25, 0.3) is 0 Å². The van der Waals surface area contributed by atoms with Crippen LogP contribution in [0.3, 0.4) is 0 Å². The van der Waals surface area contributed by atoms with Crippen molar-refractivity contribution in [3.8, 4) is 56.0 Å². The van der Waals surface area contributed by atoms with Gasteiger partial charge in [-0.1, -0.05) is 202 Å². The predicted molar refractivity (Wildman–Crippen MR) is 358 cm³/mol. The molecule has 0 N–H and O–H groups in total. The van der Waals surface area contributed by atoms with E-state index in [-0.39, 0.29) is 5.41 Å². The number of para-hydroxylation sites is 5. The minimum atomic E-state index is -0.102. The number of aromatic nitrogens is 3. The number of hydrogen-bond acceptors (Lipinski definition) is 4. The summed E-state index contributed by atoms with van der Waals surface area (Å²) in [6.07, 6.45) is 1.99. The summed E-state index contributed by atoms with van der Waals surface area (Å²) in [5.74, 6) is 0.890. The van der Waals surface area contributed by atoms with Crippen LogP contribution in [0, 0.1) is 20.8 Å². The highest BCUT2D eigenvalue weighted by Crippen LogP contribution is 2.54. The molecule has 0 saturated carbocycles. The Balaban J connectivity index is 0.921. The van der Waals surface area contributed by atoms with E-state index >= 15 is 0 Å². The Morgan fingerprint density at radius 2 is 1.04 bits per heavy atom. The van der Waals surface area contributed by atoms with Crippen molar-refractivity contribution in [2.45, 2.75) is 47.0 Å². The van der Waals surface area contributed by atoms with Crippen LogP contribution in [0.5, 0.6) is 0 Å². The van der Waals surface area contributed by atoms with Crippen LogP contribution >= 0.6 is 0 Å². The zero-order chi connectivity index (χ0) is 57.2. The Bertz CT molecular complexity index is 4940. The molecule has 0 amide bonds. The Kier molecular flexibility index (Phi) is 11.4. The van der Waals surface area contributed by atoms with Gasteiger partial charge < -0.3 is 19.3 Å². The fourth-order valence-corrected chi connectivity index (χ4v) is 14.3. The molecule has 14 aromatic rings. The van der Waals surface area contributed by atoms with Gasteiger partial charge in [0.15, 0.2) is 0 Å². The summed E-state index contributed by atoms with van der Waals surface area (Å²) >= 11 is 0. The lowest BCUT2D eigenvalue weighted by Gasteiger charge is -2.31. The second kappa shape index (κ2) is 19.3. The van der Waals surface area contributed by atoms with Crippen LogP contribution < -0.4 is 14.7 Å². The smallest absolute Gasteiger partial charge is 0.137 e. The van der Waals surface area contributed by atoms with E-state index in [4.69, 9.17) is 4.98 Å². The van der Waals surface area contributed by atoms with Crippen LogP contribution in [0.25, 0.3) is 99.6 Å². The molecule has 408 valence electrons. The third kappa shape index (κ3) is 7.89. The van der Waals surface area contributed by atoms with Gasteiger partial charge in [-0.3, -0.25) is 4.57 Å². The van der Waals surface area contributed by atoms with Crippen molar-refractivity contribution >= 4 is 83.4 Å². The molecule has 85 heavy (non-hydrogen) atoms. The molecule has 11 aromatic carbocycles. The number of aryl methyl sites for hydroxylation is 3. The number of benzene rings is 11. The molecule has 6 nitrogen and oxygen atoms in total. The topological polar surface area (TPSA) is 32.5 Å². The lowest BCUT2D eigenvalue weighted by molar-refractivity contribution is 0.588. The van der Waals surface area contributed by atoms with Crippen molar-refractivity contribution in [3.05, 3.63) is 277 Å². The van der Waals surface area contributed by atoms with Gasteiger partial charge in [-0.15, -0.1) is 0 Å². The molecule has 0 atom stereocenters. The maximum absolute atomic E-state index is 5.28. The molecule has 0 saturated heterocycles. The molecule has 6 heteroatoms. The van der Waals surface area contributed by atoms with Gasteiger partial charge in [-0.05, 0) is 138 Å². The van der Waals surface area contributed by atoms with Crippen molar-refractivity contribution in [2.75, 3.05) is 21.4 Å². The van der Waals surface area contributed by atoms with E-state index in [0.717, 1.165) is 56.4 Å². The van der Waals surface area contributed by atoms with Gasteiger partial charge in [0, 0.05) is 67.1 Å². The van der Waals surface area contributed by atoms with Crippen molar-refractivity contribution in [3.63, 3.8) is 0 Å². The van der Waals surface area contributed by atoms with Crippen molar-refractivity contribution < 1.29 is 0 Å². The maximum Gasteiger partial charge on any atom is 0.137 e. The molecular weight excluding hydrogens is 1030 g/mol. The third-order valence-electron chi connectivity index (χ3n) is 17.9. The first-order valence-corrected chi connectivity index (χ1v) is 29.6. The summed E-state index contributed by atoms with van der Waals surface area (Å²) in [4.78, 5) is 12.8. The molecule has 16 rings (SSSR count). The first kappa shape index (κ1) is 50.3. The standard InChI is InChI=1S/C79H62N6/c1-50-44-51(2)76(52(3)45-50)83(57-27-19-26-56(47-57)81-49-82(69-37-18-17-36-68(69)81)77-59(53-22-9-7-10-23-53)31-20-32-60(77)54-24-11-8-12-25-54)58-38-39-66-72(48-58)84(73-46-55(42-43-80-73)79(4,5)6)70-40-41-71-74(75(66)70)63-30-14-13-28-61(63)64-33-21-34-65-62-29-15-16-35-67(62)85(71)78(64)65/h7-48H,49H2,1-6H3. The van der Waals surface area contributed by atoms with Crippen molar-refractivity contribution in [1.82, 2.24) is 14.1 Å². The highest BCUT2D eigenvalue weighted by molar-refractivity contribution is 6.23. The summed E-state index contributed by atoms with van der Waals surface area (Å²) in [6.45, 7) is 14.2. The fraction of sp³-hybridized carbons (Fsp3) is 0.101. The molecule has 0 aliphatic carbocycles. The Labute approximate surface area is 496 Å². The molecule has 2 aliphatic rings. The molecule has 0 fully saturated rings. The number of nitrogens with zero attached hydrogens (tertiary/aromatic N) is 6. The van der Waals surface area contributed by atoms with E-state index in [2.05, 4.69) is 314 Å². The summed E-state index contributed by atoms with van der Waals surface area (Å²) in [7, 11) is 0. The quantitative estimate of drug-likeness (QED) is 0.152. The summed E-state index contributed by atoms with van der Waals surface area (Å²) in [5, 5.41) is 4.88. The lowest BCUT2D eigenvalue weighted by Crippen LogP contribution is -2.25. The second-order valence-electron chi connectivity index (χ2n) is 24.2. The minimum absolute atomic E-state index is 0.102. The zero-order valence-corrected chi connectivity index (χ0v) is 48.6. The number of hydrogen-bond donors (Lipinski definition) is 0. The van der Waals surface area contributed by atoms with Crippen LogP contribution in [0.2, 0.25) is 0 Å². The van der Waals surface area contributed by atoms with Crippen LogP contribution in [0.1, 0.15) is 43.0 Å². The summed E-state index contributed by atoms with van der Waals surface area (Å²) < 4.78 is 4.97. The normalized spacial score (nSPS) is 12.7. The molecule has 0 unspecified atom stereocenters. The largest absolute Gasteiger partial charge is 0.321 e. The minimum Gasteiger partial charge on any atom is -0.321 e. The maximum atomic E-state index is 5.28. The van der Waals surface area contributed by atoms with E-state index < -0.39 is 0 Å². The van der Waals surface area contributed by atoms with E-state index in [9.17, 15) is 0 Å². The third-order valence-corrected chi connectivity index (χ3v) is 17.9. The van der Waals surface area contributed by atoms with Crippen molar-refractivity contribution in [1.29, 1.82) is 0 Å². The molecule has 5 heterocycles. The van der Waals surface area contributed by atoms with E-state index in [1.807, 2.05) is 6.20 Å². The average molecular weight is 1100 g/mol. The van der Waals surface area contributed by atoms with Crippen LogP contribution in [-0.4, -0.2) is 20.8 Å². The van der Waals surface area contributed by atoms with Crippen LogP contribution in [0.4, 0.5) is 39.8 Å². The van der Waals surface area contributed by atoms with Gasteiger partial charge >= 0.3 is 0 Å². The zero-order valence-electron chi connectivity index (χ0n) is 48.6. The molecule has 2 aliphatic heterocycles. The molecule has 3 aromatic heterocycles. The van der Waals surface area contributed by atoms with Gasteiger partial charge in [0.1, 0.15) is 12.5 Å². The Morgan fingerprint density at radius 1 is 0.424 bits per heavy atom. The van der Waals surface area contributed by atoms with Gasteiger partial charge in [0.2, 0.25) is 0 Å². The molecule has 0 spiro atoms. The number of pyridine rings is 1. The SMILES string of the molecule is Cc1cc(C)c(N(c2cccc(N3CN(c4c(-c5ccccc5)cccc4-c4ccccc4)c4ccccc43)c2)c2ccc3c4c5c(ccc4n(-c4cc(C(C)(C)C)ccn4)c3c2)-n2c3ccccc3c3cccc(c32)-c2ccccc2-5)c(C)c1. The summed E-state index contributed by atoms with van der Waals surface area (Å²) in [6, 6.07) is 92.3. The van der Waals surface area contributed by atoms with Gasteiger partial charge in [-0.25, -0.2) is 4.98 Å². The first-order valence-electron chi connectivity index (χ1n) is 29.6. The lowest BCUT2D eigenvalue weighted by atomic mass is 9.88. The molecule has 0 radical (unpaired) electrons. The summed E-state index contributed by atoms with van der Waals surface area (Å²) in [5.41, 5.74) is 28.1. The highest BCUT2D eigenvalue weighted by atomic mass is 15.4. The predicted octanol–water partition coefficient (Wildman–Crippen LogP) is 21.2. The molecular formula is C79H62N6. The highest BCUT2D eigenvalue weighted by Gasteiger charge is 2.33. The van der Waals surface area contributed by atoms with Gasteiger partial charge in [0.05, 0.1) is 50.5 Å². The number of fused-ring (bicyclic) bond motifs is 13. The Morgan fingerprint density at radius 3 is 1.78 bits per heavy atom. The fourth-order valence-electron chi connectivity index (χ4n) is 14.3. The van der Waals surface area contributed by atoms with Gasteiger partial charge in [-0.2, -0.15) is 0 Å². The Hall–Kier alpha value is -10.4. The van der Waals surface area contributed by atoms with E-state index in [1.165, 1.54) is 105 Å². The average Bonchev–Trinajstić information content (AvgIpc) is 1.63. The molecule has 0 bridgehead atoms. The second-order valence-corrected chi connectivity index (χ2v) is 24.2. The van der Waals surface area contributed by atoms with Crippen molar-refractivity contribution in [2.24, 2.45) is 0 Å².